The number of thioether (sulfide) groups is 1. The highest BCUT2D eigenvalue weighted by atomic mass is 32.2. The normalized spacial score (nSPS) is 26.7. The number of nitrogens with one attached hydrogen (secondary N) is 1. The number of nitrogens with zero attached hydrogens (tertiary/aromatic N) is 1. The van der Waals surface area contributed by atoms with Crippen LogP contribution in [0.2, 0.25) is 0 Å². The Morgan fingerprint density at radius 3 is 2.48 bits per heavy atom. The van der Waals surface area contributed by atoms with Gasteiger partial charge in [0, 0.05) is 24.4 Å². The molecule has 0 aromatic heterocycles. The van der Waals surface area contributed by atoms with Crippen molar-refractivity contribution in [2.75, 3.05) is 19.3 Å². The standard InChI is InChI=1S/C16H28N2O4S/c1-15(2,3)22-14(21)18-9-16(10-18,8-13(19)20)17-11-5-6-12(7-11)23-4/h11-12,17H,5-10H2,1-4H3,(H,19,20). The predicted octanol–water partition coefficient (Wildman–Crippen LogP) is 2.32. The lowest BCUT2D eigenvalue weighted by Crippen LogP contribution is -2.72. The van der Waals surface area contributed by atoms with Crippen LogP contribution in [-0.2, 0) is 9.53 Å². The van der Waals surface area contributed by atoms with Gasteiger partial charge in [0.2, 0.25) is 0 Å². The fourth-order valence-electron chi connectivity index (χ4n) is 3.40. The number of aliphatic carboxylic acids is 1. The van der Waals surface area contributed by atoms with Crippen LogP contribution in [0.3, 0.4) is 0 Å². The van der Waals surface area contributed by atoms with Gasteiger partial charge >= 0.3 is 12.1 Å². The number of carboxylic acid groups (broad SMARTS) is 1. The van der Waals surface area contributed by atoms with Crippen molar-refractivity contribution in [1.29, 1.82) is 0 Å². The molecule has 1 aliphatic carbocycles. The molecule has 1 amide bonds. The Hall–Kier alpha value is -0.950. The van der Waals surface area contributed by atoms with Crippen molar-refractivity contribution in [3.05, 3.63) is 0 Å². The molecule has 6 nitrogen and oxygen atoms in total. The summed E-state index contributed by atoms with van der Waals surface area (Å²) in [6.07, 6.45) is 5.08. The van der Waals surface area contributed by atoms with Gasteiger partial charge in [-0.2, -0.15) is 11.8 Å². The summed E-state index contributed by atoms with van der Waals surface area (Å²) in [4.78, 5) is 24.9. The Bertz CT molecular complexity index is 457. The molecule has 1 saturated heterocycles. The maximum atomic E-state index is 12.1. The summed E-state index contributed by atoms with van der Waals surface area (Å²) in [5.74, 6) is -0.833. The van der Waals surface area contributed by atoms with E-state index in [9.17, 15) is 14.7 Å². The second kappa shape index (κ2) is 6.89. The smallest absolute Gasteiger partial charge is 0.410 e. The zero-order chi connectivity index (χ0) is 17.3. The number of likely N-dealkylation sites (tertiary alicyclic amines) is 1. The molecule has 0 spiro atoms. The zero-order valence-corrected chi connectivity index (χ0v) is 15.2. The Balaban J connectivity index is 1.92. The molecule has 2 aliphatic rings. The van der Waals surface area contributed by atoms with Gasteiger partial charge < -0.3 is 20.1 Å². The summed E-state index contributed by atoms with van der Waals surface area (Å²) in [5.41, 5.74) is -1.05. The number of carbonyl (C=O) groups excluding carboxylic acids is 1. The van der Waals surface area contributed by atoms with Gasteiger partial charge in [-0.15, -0.1) is 0 Å². The van der Waals surface area contributed by atoms with Crippen LogP contribution >= 0.6 is 11.8 Å². The summed E-state index contributed by atoms with van der Waals surface area (Å²) >= 11 is 1.87. The molecule has 2 atom stereocenters. The lowest BCUT2D eigenvalue weighted by molar-refractivity contribution is -0.141. The fourth-order valence-corrected chi connectivity index (χ4v) is 4.20. The van der Waals surface area contributed by atoms with E-state index in [1.807, 2.05) is 32.5 Å². The molecule has 23 heavy (non-hydrogen) atoms. The lowest BCUT2D eigenvalue weighted by atomic mass is 9.85. The first kappa shape index (κ1) is 18.4. The van der Waals surface area contributed by atoms with Crippen LogP contribution in [0.15, 0.2) is 0 Å². The van der Waals surface area contributed by atoms with Crippen LogP contribution in [0.5, 0.6) is 0 Å². The van der Waals surface area contributed by atoms with Gasteiger partial charge in [0.1, 0.15) is 5.60 Å². The number of carboxylic acids is 1. The third-order valence-corrected chi connectivity index (χ3v) is 5.45. The first-order valence-corrected chi connectivity index (χ1v) is 9.41. The average molecular weight is 344 g/mol. The Labute approximate surface area is 142 Å². The van der Waals surface area contributed by atoms with Gasteiger partial charge in [0.25, 0.3) is 0 Å². The molecule has 2 fully saturated rings. The van der Waals surface area contributed by atoms with E-state index in [1.165, 1.54) is 0 Å². The van der Waals surface area contributed by atoms with E-state index in [-0.39, 0.29) is 12.5 Å². The summed E-state index contributed by atoms with van der Waals surface area (Å²) in [6.45, 7) is 6.28. The number of carbonyl (C=O) groups is 2. The van der Waals surface area contributed by atoms with Gasteiger partial charge in [0.05, 0.1) is 12.0 Å². The van der Waals surface area contributed by atoms with Crippen molar-refractivity contribution in [3.63, 3.8) is 0 Å². The van der Waals surface area contributed by atoms with Gasteiger partial charge in [-0.1, -0.05) is 0 Å². The molecule has 2 N–H and O–H groups in total. The highest BCUT2D eigenvalue weighted by Crippen LogP contribution is 2.33. The quantitative estimate of drug-likeness (QED) is 0.797. The van der Waals surface area contributed by atoms with Crippen molar-refractivity contribution in [2.45, 2.75) is 68.9 Å². The van der Waals surface area contributed by atoms with E-state index in [4.69, 9.17) is 4.74 Å². The first-order chi connectivity index (χ1) is 10.6. The van der Waals surface area contributed by atoms with E-state index in [2.05, 4.69) is 11.6 Å². The van der Waals surface area contributed by atoms with Crippen molar-refractivity contribution >= 4 is 23.8 Å². The van der Waals surface area contributed by atoms with Crippen LogP contribution in [0.25, 0.3) is 0 Å². The average Bonchev–Trinajstić information content (AvgIpc) is 2.79. The number of hydrogen-bond donors (Lipinski definition) is 2. The third kappa shape index (κ3) is 5.01. The molecule has 0 bridgehead atoms. The molecule has 7 heteroatoms. The minimum atomic E-state index is -0.833. The zero-order valence-electron chi connectivity index (χ0n) is 14.4. The summed E-state index contributed by atoms with van der Waals surface area (Å²) in [6, 6.07) is 0.340. The number of amides is 1. The fraction of sp³-hybridized carbons (Fsp3) is 0.875. The Morgan fingerprint density at radius 2 is 2.00 bits per heavy atom. The Kier molecular flexibility index (Phi) is 5.51. The first-order valence-electron chi connectivity index (χ1n) is 8.13. The van der Waals surface area contributed by atoms with Crippen molar-refractivity contribution in [2.24, 2.45) is 0 Å². The molecule has 0 radical (unpaired) electrons. The second-order valence-electron chi connectivity index (χ2n) is 7.70. The minimum absolute atomic E-state index is 0.0345. The van der Waals surface area contributed by atoms with Crippen LogP contribution in [-0.4, -0.2) is 63.8 Å². The van der Waals surface area contributed by atoms with Gasteiger partial charge in [0.15, 0.2) is 0 Å². The highest BCUT2D eigenvalue weighted by Gasteiger charge is 2.49. The number of ether oxygens (including phenoxy) is 1. The highest BCUT2D eigenvalue weighted by molar-refractivity contribution is 7.99. The van der Waals surface area contributed by atoms with Gasteiger partial charge in [-0.25, -0.2) is 4.79 Å². The molecular formula is C16H28N2O4S. The molecule has 2 unspecified atom stereocenters. The lowest BCUT2D eigenvalue weighted by Gasteiger charge is -2.51. The van der Waals surface area contributed by atoms with Crippen LogP contribution in [0.4, 0.5) is 4.79 Å². The van der Waals surface area contributed by atoms with E-state index in [0.29, 0.717) is 24.4 Å². The maximum absolute atomic E-state index is 12.1. The second-order valence-corrected chi connectivity index (χ2v) is 8.84. The minimum Gasteiger partial charge on any atom is -0.481 e. The summed E-state index contributed by atoms with van der Waals surface area (Å²) in [7, 11) is 0. The molecule has 2 rings (SSSR count). The largest absolute Gasteiger partial charge is 0.481 e. The monoisotopic (exact) mass is 344 g/mol. The van der Waals surface area contributed by atoms with Crippen LogP contribution < -0.4 is 5.32 Å². The summed E-state index contributed by atoms with van der Waals surface area (Å²) in [5, 5.41) is 13.4. The molecule has 1 saturated carbocycles. The predicted molar refractivity (Wildman–Crippen MR) is 90.9 cm³/mol. The third-order valence-electron chi connectivity index (χ3n) is 4.36. The molecule has 1 aliphatic heterocycles. The topological polar surface area (TPSA) is 78.9 Å². The maximum Gasteiger partial charge on any atom is 0.410 e. The van der Waals surface area contributed by atoms with Gasteiger partial charge in [-0.05, 0) is 46.3 Å². The van der Waals surface area contributed by atoms with Crippen LogP contribution in [0, 0.1) is 0 Å². The SMILES string of the molecule is CSC1CCC(NC2(CC(=O)O)CN(C(=O)OC(C)(C)C)C2)C1. The molecular weight excluding hydrogens is 316 g/mol. The van der Waals surface area contributed by atoms with E-state index in [0.717, 1.165) is 19.3 Å². The van der Waals surface area contributed by atoms with Crippen LogP contribution in [0.1, 0.15) is 46.5 Å². The summed E-state index contributed by atoms with van der Waals surface area (Å²) < 4.78 is 5.35. The molecule has 0 aromatic rings. The van der Waals surface area contributed by atoms with E-state index >= 15 is 0 Å². The van der Waals surface area contributed by atoms with E-state index in [1.54, 1.807) is 4.90 Å². The Morgan fingerprint density at radius 1 is 1.35 bits per heavy atom. The molecule has 0 aromatic carbocycles. The number of hydrogen-bond acceptors (Lipinski definition) is 5. The van der Waals surface area contributed by atoms with Crippen molar-refractivity contribution < 1.29 is 19.4 Å². The van der Waals surface area contributed by atoms with E-state index < -0.39 is 17.1 Å². The molecule has 132 valence electrons. The van der Waals surface area contributed by atoms with Crippen molar-refractivity contribution in [3.8, 4) is 0 Å². The molecule has 1 heterocycles. The van der Waals surface area contributed by atoms with Gasteiger partial charge in [-0.3, -0.25) is 4.79 Å². The number of rotatable bonds is 5. The van der Waals surface area contributed by atoms with Crippen molar-refractivity contribution in [1.82, 2.24) is 10.2 Å².